The van der Waals surface area contributed by atoms with Gasteiger partial charge in [0.25, 0.3) is 0 Å². The van der Waals surface area contributed by atoms with E-state index in [-0.39, 0.29) is 0 Å². The number of hydrogen-bond donors (Lipinski definition) is 0. The average Bonchev–Trinajstić information content (AvgIpc) is 3.35. The van der Waals surface area contributed by atoms with Crippen molar-refractivity contribution in [2.24, 2.45) is 0 Å². The fourth-order valence-electron chi connectivity index (χ4n) is 10.1. The van der Waals surface area contributed by atoms with Gasteiger partial charge in [-0.15, -0.1) is 0 Å². The minimum Gasteiger partial charge on any atom is -0.314 e. The van der Waals surface area contributed by atoms with Gasteiger partial charge >= 0.3 is 0 Å². The van der Waals surface area contributed by atoms with Crippen LogP contribution in [-0.4, -0.2) is 0 Å². The Hall–Kier alpha value is -7.94. The van der Waals surface area contributed by atoms with Gasteiger partial charge < -0.3 is 9.80 Å². The quantitative estimate of drug-likeness (QED) is 0.141. The molecule has 0 aromatic heterocycles. The van der Waals surface area contributed by atoms with E-state index in [1.807, 2.05) is 0 Å². The average molecular weight is 791 g/mol. The summed E-state index contributed by atoms with van der Waals surface area (Å²) in [5.74, 6) is 0. The van der Waals surface area contributed by atoms with Gasteiger partial charge in [0.2, 0.25) is 0 Å². The fourth-order valence-corrected chi connectivity index (χ4v) is 10.1. The van der Waals surface area contributed by atoms with E-state index in [2.05, 4.69) is 240 Å². The Bertz CT molecular complexity index is 3470. The number of nitrogens with zero attached hydrogens (tertiary/aromatic N) is 2. The molecule has 0 saturated heterocycles. The number of fused-ring (bicyclic) bond motifs is 2. The van der Waals surface area contributed by atoms with Crippen LogP contribution in [0.3, 0.4) is 0 Å². The first-order valence-corrected chi connectivity index (χ1v) is 21.7. The first-order valence-electron chi connectivity index (χ1n) is 21.7. The normalized spacial score (nSPS) is 12.7. The molecule has 0 heterocycles. The molecule has 1 aliphatic rings. The molecule has 2 nitrogen and oxygen atoms in total. The lowest BCUT2D eigenvalue weighted by atomic mass is 9.85. The minimum atomic E-state index is 0.998. The first kappa shape index (κ1) is 36.0. The molecule has 0 fully saturated rings. The number of benzene rings is 11. The van der Waals surface area contributed by atoms with Crippen LogP contribution in [0.25, 0.3) is 76.1 Å². The molecule has 0 radical (unpaired) electrons. The minimum absolute atomic E-state index is 0.998. The molecule has 11 aromatic rings. The predicted molar refractivity (Wildman–Crippen MR) is 266 cm³/mol. The van der Waals surface area contributed by atoms with E-state index < -0.39 is 0 Å². The lowest BCUT2D eigenvalue weighted by molar-refractivity contribution is 0.919. The summed E-state index contributed by atoms with van der Waals surface area (Å²) in [4.78, 5) is 4.83. The summed E-state index contributed by atoms with van der Waals surface area (Å²) in [6.45, 7) is 0. The zero-order valence-electron chi connectivity index (χ0n) is 34.2. The third kappa shape index (κ3) is 5.87. The highest BCUT2D eigenvalue weighted by Crippen LogP contribution is 2.48. The van der Waals surface area contributed by atoms with Crippen LogP contribution in [0.4, 0.5) is 28.4 Å². The van der Waals surface area contributed by atoms with Gasteiger partial charge in [0.1, 0.15) is 0 Å². The monoisotopic (exact) mass is 790 g/mol. The molecule has 0 aliphatic heterocycles. The Balaban J connectivity index is 1.04. The van der Waals surface area contributed by atoms with E-state index in [4.69, 9.17) is 0 Å². The molecular formula is C60H42N2. The van der Waals surface area contributed by atoms with Crippen LogP contribution in [0.1, 0.15) is 12.8 Å². The number of rotatable bonds is 8. The van der Waals surface area contributed by atoms with Crippen molar-refractivity contribution >= 4 is 82.3 Å². The highest BCUT2D eigenvalue weighted by Gasteiger charge is 2.22. The van der Waals surface area contributed by atoms with Gasteiger partial charge in [0.15, 0.2) is 0 Å². The molecule has 0 spiro atoms. The maximum absolute atomic E-state index is 2.46. The van der Waals surface area contributed by atoms with Gasteiger partial charge in [-0.3, -0.25) is 0 Å². The maximum Gasteiger partial charge on any atom is 0.0540 e. The summed E-state index contributed by atoms with van der Waals surface area (Å²) < 4.78 is 0. The van der Waals surface area contributed by atoms with Crippen molar-refractivity contribution in [3.8, 4) is 22.3 Å². The Morgan fingerprint density at radius 1 is 0.306 bits per heavy atom. The van der Waals surface area contributed by atoms with Crippen LogP contribution < -0.4 is 9.80 Å². The Labute approximate surface area is 361 Å². The van der Waals surface area contributed by atoms with Gasteiger partial charge in [-0.25, -0.2) is 0 Å². The van der Waals surface area contributed by atoms with Crippen molar-refractivity contribution in [3.63, 3.8) is 0 Å². The smallest absolute Gasteiger partial charge is 0.0540 e. The van der Waals surface area contributed by atoms with Crippen molar-refractivity contribution in [2.45, 2.75) is 12.8 Å². The molecule has 2 heteroatoms. The summed E-state index contributed by atoms with van der Waals surface area (Å²) in [5, 5.41) is 12.6. The number of para-hydroxylation sites is 3. The Morgan fingerprint density at radius 3 is 1.16 bits per heavy atom. The van der Waals surface area contributed by atoms with Crippen LogP contribution in [-0.2, 0) is 0 Å². The molecule has 0 N–H and O–H groups in total. The zero-order chi connectivity index (χ0) is 41.0. The maximum atomic E-state index is 2.46. The highest BCUT2D eigenvalue weighted by molar-refractivity contribution is 6.29. The van der Waals surface area contributed by atoms with E-state index in [9.17, 15) is 0 Å². The van der Waals surface area contributed by atoms with E-state index in [1.165, 1.54) is 93.2 Å². The third-order valence-electron chi connectivity index (χ3n) is 12.9. The lowest BCUT2D eigenvalue weighted by Gasteiger charge is -2.30. The van der Waals surface area contributed by atoms with Crippen molar-refractivity contribution in [1.82, 2.24) is 0 Å². The molecule has 12 rings (SSSR count). The number of hydrogen-bond acceptors (Lipinski definition) is 2. The van der Waals surface area contributed by atoms with Crippen LogP contribution >= 0.6 is 0 Å². The van der Waals surface area contributed by atoms with E-state index in [1.54, 1.807) is 0 Å². The lowest BCUT2D eigenvalue weighted by Crippen LogP contribution is -2.17. The van der Waals surface area contributed by atoms with Crippen molar-refractivity contribution < 1.29 is 0 Å². The van der Waals surface area contributed by atoms with Gasteiger partial charge in [-0.05, 0) is 133 Å². The molecule has 0 unspecified atom stereocenters. The van der Waals surface area contributed by atoms with Gasteiger partial charge in [0, 0.05) is 33.5 Å². The molecule has 0 saturated carbocycles. The molecule has 292 valence electrons. The Kier molecular flexibility index (Phi) is 8.67. The van der Waals surface area contributed by atoms with Crippen LogP contribution in [0.2, 0.25) is 0 Å². The largest absolute Gasteiger partial charge is 0.314 e. The van der Waals surface area contributed by atoms with Gasteiger partial charge in [-0.1, -0.05) is 176 Å². The standard InChI is InChI=1S/C60H42N2/c1-5-17-43(18-6-1)61(44-19-7-2-8-20-44)57-39-37-49(47-25-13-15-27-53(47)57)51-33-29-41-32-36-56-52(34-30-42-31-35-55(51)59(41)60(42)56)50-38-40-58(54-28-16-14-26-48(50)54)62(45-21-9-3-10-22-45)46-23-11-4-12-24-46/h1-11,13-23,25-40H,12,24H2. The molecule has 1 aliphatic carbocycles. The molecule has 0 amide bonds. The fraction of sp³-hybridized carbons (Fsp3) is 0.0333. The second-order valence-corrected chi connectivity index (χ2v) is 16.3. The van der Waals surface area contributed by atoms with Crippen molar-refractivity contribution in [1.29, 1.82) is 0 Å². The van der Waals surface area contributed by atoms with E-state index >= 15 is 0 Å². The van der Waals surface area contributed by atoms with Crippen LogP contribution in [0, 0.1) is 0 Å². The van der Waals surface area contributed by atoms with Crippen molar-refractivity contribution in [3.05, 3.63) is 236 Å². The summed E-state index contributed by atoms with van der Waals surface area (Å²) >= 11 is 0. The second kappa shape index (κ2) is 15.0. The summed E-state index contributed by atoms with van der Waals surface area (Å²) in [5.41, 5.74) is 12.1. The topological polar surface area (TPSA) is 6.48 Å². The first-order chi connectivity index (χ1) is 30.8. The summed E-state index contributed by atoms with van der Waals surface area (Å²) in [7, 11) is 0. The highest BCUT2D eigenvalue weighted by atomic mass is 15.2. The van der Waals surface area contributed by atoms with E-state index in [0.29, 0.717) is 0 Å². The van der Waals surface area contributed by atoms with Crippen LogP contribution in [0.5, 0.6) is 0 Å². The van der Waals surface area contributed by atoms with Gasteiger partial charge in [0.05, 0.1) is 11.4 Å². The predicted octanol–water partition coefficient (Wildman–Crippen LogP) is 17.1. The molecular weight excluding hydrogens is 749 g/mol. The SMILES string of the molecule is C1=CCCC(N(c2ccccc2)c2ccc(-c3ccc4ccc5c(-c6ccc(N(c7ccccc7)c7ccccc7)c7ccccc67)ccc6ccc3c4c65)c3ccccc23)=C1. The molecule has 11 aromatic carbocycles. The van der Waals surface area contributed by atoms with E-state index in [0.717, 1.165) is 29.9 Å². The molecule has 62 heavy (non-hydrogen) atoms. The van der Waals surface area contributed by atoms with Gasteiger partial charge in [-0.2, -0.15) is 0 Å². The van der Waals surface area contributed by atoms with Crippen molar-refractivity contribution in [2.75, 3.05) is 9.80 Å². The summed E-state index contributed by atoms with van der Waals surface area (Å²) in [6.07, 6.45) is 8.77. The van der Waals surface area contributed by atoms with Crippen LogP contribution in [0.15, 0.2) is 236 Å². The zero-order valence-corrected chi connectivity index (χ0v) is 34.2. The Morgan fingerprint density at radius 2 is 0.694 bits per heavy atom. The summed E-state index contributed by atoms with van der Waals surface area (Å²) in [6, 6.07) is 78.0. The third-order valence-corrected chi connectivity index (χ3v) is 12.9. The molecule has 0 atom stereocenters. The number of anilines is 5. The molecule has 0 bridgehead atoms. The number of allylic oxidation sites excluding steroid dienone is 4. The second-order valence-electron chi connectivity index (χ2n) is 16.3.